The van der Waals surface area contributed by atoms with E-state index >= 15 is 0 Å². The summed E-state index contributed by atoms with van der Waals surface area (Å²) in [6.07, 6.45) is 4.36. The van der Waals surface area contributed by atoms with Crippen molar-refractivity contribution >= 4 is 6.09 Å². The number of rotatable bonds is 2. The fourth-order valence-electron chi connectivity index (χ4n) is 2.65. The Bertz CT molecular complexity index is 524. The molecular weight excluding hydrogens is 314 g/mol. The van der Waals surface area contributed by atoms with Gasteiger partial charge >= 0.3 is 6.09 Å². The summed E-state index contributed by atoms with van der Waals surface area (Å²) < 4.78 is 5.15. The highest BCUT2D eigenvalue weighted by molar-refractivity contribution is 5.68. The number of benzene rings is 1. The molecule has 0 heterocycles. The lowest BCUT2D eigenvalue weighted by Crippen LogP contribution is -2.37. The Morgan fingerprint density at radius 1 is 1.12 bits per heavy atom. The van der Waals surface area contributed by atoms with Crippen LogP contribution in [-0.4, -0.2) is 22.8 Å². The minimum Gasteiger partial charge on any atom is -0.444 e. The first kappa shape index (κ1) is 21.5. The Labute approximate surface area is 154 Å². The van der Waals surface area contributed by atoms with Crippen molar-refractivity contribution < 1.29 is 16.1 Å². The van der Waals surface area contributed by atoms with Crippen LogP contribution in [-0.2, 0) is 16.8 Å². The molecule has 144 valence electrons. The van der Waals surface area contributed by atoms with E-state index in [4.69, 9.17) is 9.84 Å². The van der Waals surface area contributed by atoms with Crippen LogP contribution in [0.4, 0.5) is 4.79 Å². The standard InChI is InChI=1S/C11H16O.C10H19NO2.H2/c1-11(2,3)10-6-4-9(8-12)5-7-10;1-10(2,3)13-9(12)11-8-6-4-5-7-8;/h4-7,12H,8H2,1-3H3;8H,4-7H2,1-3H3,(H,11,12);1H. The van der Waals surface area contributed by atoms with Crippen molar-refractivity contribution in [1.29, 1.82) is 0 Å². The van der Waals surface area contributed by atoms with Gasteiger partial charge in [0, 0.05) is 7.47 Å². The summed E-state index contributed by atoms with van der Waals surface area (Å²) in [7, 11) is 0. The summed E-state index contributed by atoms with van der Waals surface area (Å²) in [5, 5.41) is 11.7. The van der Waals surface area contributed by atoms with Crippen molar-refractivity contribution in [3.63, 3.8) is 0 Å². The molecule has 0 bridgehead atoms. The maximum absolute atomic E-state index is 11.3. The second-order valence-corrected chi connectivity index (χ2v) is 8.73. The topological polar surface area (TPSA) is 58.6 Å². The maximum atomic E-state index is 11.3. The number of ether oxygens (including phenoxy) is 1. The van der Waals surface area contributed by atoms with Crippen LogP contribution in [0.25, 0.3) is 0 Å². The molecular formula is C21H37NO3. The predicted octanol–water partition coefficient (Wildman–Crippen LogP) is 5.18. The van der Waals surface area contributed by atoms with E-state index in [1.807, 2.05) is 32.9 Å². The van der Waals surface area contributed by atoms with Gasteiger partial charge in [-0.25, -0.2) is 4.79 Å². The number of hydrogen-bond acceptors (Lipinski definition) is 3. The zero-order valence-corrected chi connectivity index (χ0v) is 16.7. The SMILES string of the molecule is CC(C)(C)OC(=O)NC1CCCC1.CC(C)(C)c1ccc(CO)cc1.[HH]. The van der Waals surface area contributed by atoms with Crippen molar-refractivity contribution in [3.8, 4) is 0 Å². The van der Waals surface area contributed by atoms with Crippen molar-refractivity contribution in [2.45, 2.75) is 90.9 Å². The highest BCUT2D eigenvalue weighted by Gasteiger charge is 2.21. The molecule has 0 unspecified atom stereocenters. The van der Waals surface area contributed by atoms with Gasteiger partial charge in [0.25, 0.3) is 0 Å². The maximum Gasteiger partial charge on any atom is 0.407 e. The molecule has 1 amide bonds. The third-order valence-electron chi connectivity index (χ3n) is 4.08. The zero-order chi connectivity index (χ0) is 19.1. The molecule has 4 heteroatoms. The van der Waals surface area contributed by atoms with Gasteiger partial charge in [0.1, 0.15) is 5.60 Å². The number of hydrogen-bond donors (Lipinski definition) is 2. The normalized spacial score (nSPS) is 15.3. The molecule has 1 aliphatic rings. The van der Waals surface area contributed by atoms with E-state index in [-0.39, 0.29) is 25.1 Å². The number of carbonyl (C=O) groups excluding carboxylic acids is 1. The van der Waals surface area contributed by atoms with E-state index in [1.165, 1.54) is 18.4 Å². The average molecular weight is 352 g/mol. The molecule has 2 N–H and O–H groups in total. The molecule has 1 aromatic rings. The molecule has 0 aliphatic heterocycles. The lowest BCUT2D eigenvalue weighted by atomic mass is 9.87. The summed E-state index contributed by atoms with van der Waals surface area (Å²) in [5.41, 5.74) is 2.10. The Balaban J connectivity index is 0.000000464. The molecule has 0 atom stereocenters. The molecule has 2 rings (SSSR count). The Morgan fingerprint density at radius 3 is 2.04 bits per heavy atom. The summed E-state index contributed by atoms with van der Waals surface area (Å²) in [5.74, 6) is 0. The van der Waals surface area contributed by atoms with E-state index in [2.05, 4.69) is 38.2 Å². The average Bonchev–Trinajstić information content (AvgIpc) is 2.98. The summed E-state index contributed by atoms with van der Waals surface area (Å²) >= 11 is 0. The van der Waals surface area contributed by atoms with Gasteiger partial charge in [0.15, 0.2) is 0 Å². The van der Waals surface area contributed by atoms with Crippen LogP contribution >= 0.6 is 0 Å². The quantitative estimate of drug-likeness (QED) is 0.772. The van der Waals surface area contributed by atoms with E-state index < -0.39 is 0 Å². The summed E-state index contributed by atoms with van der Waals surface area (Å²) in [6, 6.07) is 8.44. The molecule has 1 aromatic carbocycles. The second kappa shape index (κ2) is 9.23. The van der Waals surface area contributed by atoms with Gasteiger partial charge < -0.3 is 15.2 Å². The first-order valence-electron chi connectivity index (χ1n) is 9.21. The summed E-state index contributed by atoms with van der Waals surface area (Å²) in [4.78, 5) is 11.3. The highest BCUT2D eigenvalue weighted by atomic mass is 16.6. The van der Waals surface area contributed by atoms with E-state index in [0.717, 1.165) is 18.4 Å². The van der Waals surface area contributed by atoms with Crippen LogP contribution < -0.4 is 5.32 Å². The zero-order valence-electron chi connectivity index (χ0n) is 16.7. The van der Waals surface area contributed by atoms with Gasteiger partial charge in [-0.15, -0.1) is 0 Å². The monoisotopic (exact) mass is 351 g/mol. The molecule has 25 heavy (non-hydrogen) atoms. The predicted molar refractivity (Wildman–Crippen MR) is 105 cm³/mol. The molecule has 0 spiro atoms. The Kier molecular flexibility index (Phi) is 7.94. The smallest absolute Gasteiger partial charge is 0.407 e. The Morgan fingerprint density at radius 2 is 1.64 bits per heavy atom. The number of aliphatic hydroxyl groups excluding tert-OH is 1. The largest absolute Gasteiger partial charge is 0.444 e. The van der Waals surface area contributed by atoms with Crippen molar-refractivity contribution in [3.05, 3.63) is 35.4 Å². The van der Waals surface area contributed by atoms with E-state index in [9.17, 15) is 4.79 Å². The van der Waals surface area contributed by atoms with Gasteiger partial charge in [-0.2, -0.15) is 0 Å². The van der Waals surface area contributed by atoms with E-state index in [0.29, 0.717) is 6.04 Å². The molecule has 1 fully saturated rings. The molecule has 0 aromatic heterocycles. The number of aliphatic hydroxyl groups is 1. The second-order valence-electron chi connectivity index (χ2n) is 8.73. The third kappa shape index (κ3) is 8.92. The van der Waals surface area contributed by atoms with Gasteiger partial charge in [-0.3, -0.25) is 0 Å². The molecule has 0 saturated heterocycles. The first-order valence-corrected chi connectivity index (χ1v) is 9.21. The van der Waals surface area contributed by atoms with Crippen LogP contribution in [0.2, 0.25) is 0 Å². The van der Waals surface area contributed by atoms with Crippen LogP contribution in [0.5, 0.6) is 0 Å². The van der Waals surface area contributed by atoms with Gasteiger partial charge in [0.2, 0.25) is 0 Å². The molecule has 1 saturated carbocycles. The van der Waals surface area contributed by atoms with Crippen LogP contribution in [0.15, 0.2) is 24.3 Å². The minimum atomic E-state index is -0.386. The first-order chi connectivity index (χ1) is 11.5. The van der Waals surface area contributed by atoms with Crippen molar-refractivity contribution in [2.75, 3.05) is 0 Å². The fraction of sp³-hybridized carbons (Fsp3) is 0.667. The van der Waals surface area contributed by atoms with Crippen molar-refractivity contribution in [2.24, 2.45) is 0 Å². The number of nitrogens with one attached hydrogen (secondary N) is 1. The van der Waals surface area contributed by atoms with Crippen LogP contribution in [0.1, 0.15) is 79.8 Å². The third-order valence-corrected chi connectivity index (χ3v) is 4.08. The highest BCUT2D eigenvalue weighted by Crippen LogP contribution is 2.22. The molecule has 4 nitrogen and oxygen atoms in total. The van der Waals surface area contributed by atoms with E-state index in [1.54, 1.807) is 0 Å². The van der Waals surface area contributed by atoms with Gasteiger partial charge in [-0.1, -0.05) is 57.9 Å². The lowest BCUT2D eigenvalue weighted by Gasteiger charge is -2.21. The minimum absolute atomic E-state index is 0. The lowest BCUT2D eigenvalue weighted by molar-refractivity contribution is 0.0505. The van der Waals surface area contributed by atoms with Crippen molar-refractivity contribution in [1.82, 2.24) is 5.32 Å². The van der Waals surface area contributed by atoms with Gasteiger partial charge in [-0.05, 0) is 50.2 Å². The number of carbonyl (C=O) groups is 1. The van der Waals surface area contributed by atoms with Crippen LogP contribution in [0, 0.1) is 0 Å². The summed E-state index contributed by atoms with van der Waals surface area (Å²) in [6.45, 7) is 12.3. The Hall–Kier alpha value is -1.55. The molecule has 1 aliphatic carbocycles. The van der Waals surface area contributed by atoms with Crippen LogP contribution in [0.3, 0.4) is 0 Å². The van der Waals surface area contributed by atoms with Gasteiger partial charge in [0.05, 0.1) is 6.61 Å². The number of amides is 1. The number of alkyl carbamates (subject to hydrolysis) is 1. The fourth-order valence-corrected chi connectivity index (χ4v) is 2.65. The molecule has 0 radical (unpaired) electrons.